The fourth-order valence-corrected chi connectivity index (χ4v) is 13.1. The number of anilines is 4. The van der Waals surface area contributed by atoms with Crippen LogP contribution >= 0.6 is 24.0 Å². The first-order valence-corrected chi connectivity index (χ1v) is 33.4. The Hall–Kier alpha value is -10.1. The van der Waals surface area contributed by atoms with Crippen LogP contribution < -0.4 is 58.9 Å². The van der Waals surface area contributed by atoms with Crippen molar-refractivity contribution >= 4 is 117 Å². The molecule has 29 nitrogen and oxygen atoms in total. The molecule has 3 fully saturated rings. The Kier molecular flexibility index (Phi) is 29.0. The third-order valence-corrected chi connectivity index (χ3v) is 17.6. The van der Waals surface area contributed by atoms with Crippen LogP contribution in [0.2, 0.25) is 0 Å². The van der Waals surface area contributed by atoms with E-state index in [1.54, 1.807) is 48.5 Å². The maximum Gasteiger partial charge on any atom is 0.323 e. The maximum atomic E-state index is 14.7. The fourth-order valence-electron chi connectivity index (χ4n) is 11.4. The number of aliphatic imine (C=N–C) groups is 1. The van der Waals surface area contributed by atoms with E-state index in [1.165, 1.54) is 17.0 Å². The van der Waals surface area contributed by atoms with Crippen LogP contribution in [-0.4, -0.2) is 193 Å². The van der Waals surface area contributed by atoms with Crippen molar-refractivity contribution in [3.63, 3.8) is 0 Å². The molecule has 7 rings (SSSR count). The van der Waals surface area contributed by atoms with Gasteiger partial charge in [0.2, 0.25) is 29.5 Å². The molecule has 0 radical (unpaired) electrons. The molecular formula is C66H83N15O14S2. The number of carbonyl (C=O) groups excluding carboxylic acids is 6. The highest BCUT2D eigenvalue weighted by Crippen LogP contribution is 2.33. The zero-order chi connectivity index (χ0) is 69.8. The minimum absolute atomic E-state index is 0.0216. The number of carboxylic acids is 4. The number of likely N-dealkylation sites (tertiary alicyclic amines) is 1. The summed E-state index contributed by atoms with van der Waals surface area (Å²) in [4.78, 5) is 139. The van der Waals surface area contributed by atoms with E-state index >= 15 is 0 Å². The van der Waals surface area contributed by atoms with E-state index in [0.29, 0.717) is 85.8 Å². The molecule has 3 aromatic carbocycles. The number of carboxylic acid groups (broad SMARTS) is 4. The van der Waals surface area contributed by atoms with Crippen LogP contribution in [0.5, 0.6) is 0 Å². The largest absolute Gasteiger partial charge is 0.480 e. The maximum absolute atomic E-state index is 14.7. The average molecular weight is 1370 g/mol. The highest BCUT2D eigenvalue weighted by molar-refractivity contribution is 8.00. The number of aromatic nitrogens is 1. The third kappa shape index (κ3) is 25.6. The number of urea groups is 1. The van der Waals surface area contributed by atoms with E-state index in [0.717, 1.165) is 40.4 Å². The molecule has 97 heavy (non-hydrogen) atoms. The molecule has 16 N–H and O–H groups in total. The molecule has 1 aromatic heterocycles. The van der Waals surface area contributed by atoms with E-state index in [1.807, 2.05) is 42.1 Å². The van der Waals surface area contributed by atoms with E-state index in [2.05, 4.69) is 64.4 Å². The quantitative estimate of drug-likeness (QED) is 0.00776. The third-order valence-electron chi connectivity index (χ3n) is 15.9. The number of nitrogens with two attached hydrogens (primary N) is 2. The number of piperidine rings is 1. The molecule has 0 saturated carbocycles. The van der Waals surface area contributed by atoms with Crippen molar-refractivity contribution in [1.82, 2.24) is 41.4 Å². The Morgan fingerprint density at radius 1 is 0.711 bits per heavy atom. The summed E-state index contributed by atoms with van der Waals surface area (Å²) in [5, 5.41) is 62.1. The molecule has 0 bridgehead atoms. The number of hydrogen-bond donors (Lipinski definition) is 14. The molecule has 4 heterocycles. The molecule has 4 aromatic rings. The first-order chi connectivity index (χ1) is 46.5. The summed E-state index contributed by atoms with van der Waals surface area (Å²) in [5.74, 6) is -0.562. The summed E-state index contributed by atoms with van der Waals surface area (Å²) in [7, 11) is 0. The van der Waals surface area contributed by atoms with Gasteiger partial charge in [0.1, 0.15) is 37.0 Å². The number of nitrogens with one attached hydrogen (secondary N) is 8. The summed E-state index contributed by atoms with van der Waals surface area (Å²) in [6, 6.07) is 22.6. The van der Waals surface area contributed by atoms with Crippen LogP contribution in [0.4, 0.5) is 27.7 Å². The smallest absolute Gasteiger partial charge is 0.323 e. The number of guanidine groups is 1. The number of rotatable bonds is 36. The predicted molar refractivity (Wildman–Crippen MR) is 368 cm³/mol. The summed E-state index contributed by atoms with van der Waals surface area (Å²) in [5.41, 5.74) is 14.4. The Bertz CT molecular complexity index is 3500. The lowest BCUT2D eigenvalue weighted by molar-refractivity contribution is -0.145. The lowest BCUT2D eigenvalue weighted by atomic mass is 9.97. The van der Waals surface area contributed by atoms with Gasteiger partial charge in [-0.25, -0.2) is 9.78 Å². The van der Waals surface area contributed by atoms with Gasteiger partial charge in [-0.1, -0.05) is 55.0 Å². The van der Waals surface area contributed by atoms with Crippen molar-refractivity contribution in [2.75, 3.05) is 72.4 Å². The van der Waals surface area contributed by atoms with Crippen molar-refractivity contribution in [1.29, 1.82) is 0 Å². The zero-order valence-corrected chi connectivity index (χ0v) is 55.1. The van der Waals surface area contributed by atoms with Crippen LogP contribution in [0.3, 0.4) is 0 Å². The van der Waals surface area contributed by atoms with Crippen LogP contribution in [0.25, 0.3) is 0 Å². The van der Waals surface area contributed by atoms with E-state index < -0.39 is 85.9 Å². The van der Waals surface area contributed by atoms with Crippen molar-refractivity contribution in [3.8, 4) is 11.8 Å². The second-order valence-corrected chi connectivity index (χ2v) is 25.3. The highest BCUT2D eigenvalue weighted by atomic mass is 32.2. The molecule has 31 heteroatoms. The van der Waals surface area contributed by atoms with Crippen molar-refractivity contribution in [2.45, 2.75) is 132 Å². The molecule has 7 amide bonds. The fraction of sp³-hybridized carbons (Fsp3) is 0.439. The molecule has 6 unspecified atom stereocenters. The molecule has 3 saturated heterocycles. The molecule has 3 aliphatic rings. The molecular weight excluding hydrogens is 1290 g/mol. The highest BCUT2D eigenvalue weighted by Gasteiger charge is 2.43. The summed E-state index contributed by atoms with van der Waals surface area (Å²) in [6.07, 6.45) is 7.23. The number of nitrogens with zero attached hydrogens (tertiary/aromatic N) is 5. The number of thiocarbonyl (C=S) groups is 1. The van der Waals surface area contributed by atoms with Gasteiger partial charge in [0.05, 0.1) is 30.9 Å². The minimum atomic E-state index is -1.35. The number of carbonyl (C=O) groups is 10. The number of fused-ring (bicyclic) bond motifs is 1. The number of pyridine rings is 1. The Balaban J connectivity index is 0.912. The van der Waals surface area contributed by atoms with E-state index in [-0.39, 0.29) is 97.0 Å². The SMILES string of the molecule is NC(N)=NCCCC(NC(=O)C1CCCCN1C(=O)C(Cc1ccccc1)NC(=O)CCCCCNC(=O)CCCCC1SCC2NC(=O)NC21)C(=O)Nc1ccc(NC(=S)Nc2ccc(C#Cc3cc(CN(CC(=O)O)CC(=O)O)nc(N(CC(=O)O)CC(=O)O)c3)cc2)cc1. The normalized spacial score (nSPS) is 16.7. The zero-order valence-electron chi connectivity index (χ0n) is 53.5. The van der Waals surface area contributed by atoms with Crippen molar-refractivity contribution in [3.05, 3.63) is 113 Å². The van der Waals surface area contributed by atoms with Crippen LogP contribution in [0.15, 0.2) is 96.0 Å². The first-order valence-electron chi connectivity index (χ1n) is 32.0. The van der Waals surface area contributed by atoms with Gasteiger partial charge in [-0.15, -0.1) is 0 Å². The van der Waals surface area contributed by atoms with Gasteiger partial charge in [0, 0.05) is 84.6 Å². The summed E-state index contributed by atoms with van der Waals surface area (Å²) >= 11 is 7.44. The lowest BCUT2D eigenvalue weighted by Crippen LogP contribution is -2.59. The lowest BCUT2D eigenvalue weighted by Gasteiger charge is -2.37. The second-order valence-electron chi connectivity index (χ2n) is 23.6. The van der Waals surface area contributed by atoms with Crippen molar-refractivity contribution < 1.29 is 68.4 Å². The average Bonchev–Trinajstić information content (AvgIpc) is 1.80. The van der Waals surface area contributed by atoms with Crippen LogP contribution in [0, 0.1) is 11.8 Å². The molecule has 0 spiro atoms. The number of hydrogen-bond acceptors (Lipinski definition) is 16. The monoisotopic (exact) mass is 1370 g/mol. The number of amides is 7. The second kappa shape index (κ2) is 37.9. The molecule has 3 aliphatic heterocycles. The number of thioether (sulfide) groups is 1. The Morgan fingerprint density at radius 3 is 2.00 bits per heavy atom. The van der Waals surface area contributed by atoms with Gasteiger partial charge < -0.3 is 84.2 Å². The number of benzene rings is 3. The Morgan fingerprint density at radius 2 is 1.34 bits per heavy atom. The van der Waals surface area contributed by atoms with Gasteiger partial charge in [-0.3, -0.25) is 53.0 Å². The van der Waals surface area contributed by atoms with Crippen molar-refractivity contribution in [2.24, 2.45) is 16.5 Å². The summed E-state index contributed by atoms with van der Waals surface area (Å²) in [6.45, 7) is -2.20. The molecule has 0 aliphatic carbocycles. The summed E-state index contributed by atoms with van der Waals surface area (Å²) < 4.78 is 0. The van der Waals surface area contributed by atoms with Gasteiger partial charge in [0.15, 0.2) is 11.1 Å². The number of aliphatic carboxylic acids is 4. The Labute approximate surface area is 570 Å². The van der Waals surface area contributed by atoms with Gasteiger partial charge >= 0.3 is 29.9 Å². The molecule has 518 valence electrons. The van der Waals surface area contributed by atoms with Crippen LogP contribution in [-0.2, 0) is 56.1 Å². The number of unbranched alkanes of at least 4 members (excludes halogenated alkanes) is 3. The minimum Gasteiger partial charge on any atom is -0.480 e. The standard InChI is InChI=1S/C66H83N15O14S2/c67-64(68)70-30-11-14-48(76-62(93)51-15-8-10-31-81(51)63(94)49(33-42-12-3-1-4-13-42)75-55(83)18-5-2-9-29-69-54(82)17-7-6-16-52-60-50(40-97-52)77-65(95)78-60)61(92)72-44-25-27-46(28-26-44)74-66(96)73-45-23-21-41(22-24-45)19-20-43-32-47(35-79(36-56(84)85)37-57(86)87)71-53(34-43)80(38-58(88)89)39-59(90)91/h1,3-4,12-13,21-28,32,34,48-52,60H,2,5-11,14-18,29-31,33,35-40H2,(H,69,82)(H,72,92)(H,75,83)(H,76,93)(H,84,85)(H,86,87)(H,88,89)(H,90,91)(H4,67,68,70)(H2,73,74,96)(H2,77,78,95). The first kappa shape index (κ1) is 74.3. The predicted octanol–water partition coefficient (Wildman–Crippen LogP) is 3.23. The van der Waals surface area contributed by atoms with Gasteiger partial charge in [-0.2, -0.15) is 11.8 Å². The van der Waals surface area contributed by atoms with Gasteiger partial charge in [-0.05, 0) is 136 Å². The van der Waals surface area contributed by atoms with Gasteiger partial charge in [0.25, 0.3) is 0 Å². The topological polar surface area (TPSA) is 435 Å². The van der Waals surface area contributed by atoms with Crippen LogP contribution in [0.1, 0.15) is 106 Å². The molecule has 6 atom stereocenters. The van der Waals surface area contributed by atoms with E-state index in [9.17, 15) is 68.4 Å². The van der Waals surface area contributed by atoms with E-state index in [4.69, 9.17) is 23.7 Å².